The van der Waals surface area contributed by atoms with Crippen molar-refractivity contribution in [3.63, 3.8) is 0 Å². The lowest BCUT2D eigenvalue weighted by Gasteiger charge is -2.44. The number of hydrogen-bond acceptors (Lipinski definition) is 7. The molecular weight excluding hydrogens is 484 g/mol. The van der Waals surface area contributed by atoms with Crippen molar-refractivity contribution in [2.24, 2.45) is 0 Å². The average Bonchev–Trinajstić information content (AvgIpc) is 3.20. The maximum absolute atomic E-state index is 13.2. The molecule has 1 unspecified atom stereocenters. The molecule has 2 aromatic carbocycles. The van der Waals surface area contributed by atoms with Gasteiger partial charge in [0.15, 0.2) is 5.72 Å². The summed E-state index contributed by atoms with van der Waals surface area (Å²) in [7, 11) is 0. The second kappa shape index (κ2) is 8.94. The summed E-state index contributed by atoms with van der Waals surface area (Å²) < 4.78 is 8.69. The van der Waals surface area contributed by atoms with Crippen molar-refractivity contribution in [2.75, 3.05) is 44.2 Å². The number of aliphatic hydroxyl groups is 1. The Morgan fingerprint density at radius 1 is 1.03 bits per heavy atom. The van der Waals surface area contributed by atoms with Crippen LogP contribution in [0.15, 0.2) is 65.8 Å². The lowest BCUT2D eigenvalue weighted by Crippen LogP contribution is -2.63. The van der Waals surface area contributed by atoms with Crippen molar-refractivity contribution in [2.45, 2.75) is 29.1 Å². The van der Waals surface area contributed by atoms with E-state index in [9.17, 15) is 9.90 Å². The number of rotatable bonds is 4. The van der Waals surface area contributed by atoms with E-state index in [-0.39, 0.29) is 19.1 Å². The van der Waals surface area contributed by atoms with E-state index in [4.69, 9.17) is 16.3 Å². The first kappa shape index (κ1) is 23.1. The van der Waals surface area contributed by atoms with Crippen LogP contribution in [0.1, 0.15) is 12.8 Å². The maximum Gasteiger partial charge on any atom is 0.240 e. The van der Waals surface area contributed by atoms with Crippen LogP contribution in [-0.2, 0) is 9.53 Å². The summed E-state index contributed by atoms with van der Waals surface area (Å²) in [6, 6.07) is 16.1. The third-order valence-electron chi connectivity index (χ3n) is 7.34. The summed E-state index contributed by atoms with van der Waals surface area (Å²) >= 11 is 7.65. The highest BCUT2D eigenvalue weighted by Crippen LogP contribution is 2.44. The number of benzene rings is 2. The molecule has 182 valence electrons. The summed E-state index contributed by atoms with van der Waals surface area (Å²) in [5, 5.41) is 13.4. The highest BCUT2D eigenvalue weighted by molar-refractivity contribution is 7.97. The van der Waals surface area contributed by atoms with Gasteiger partial charge < -0.3 is 19.6 Å². The molecule has 3 saturated heterocycles. The first-order valence-electron chi connectivity index (χ1n) is 11.9. The van der Waals surface area contributed by atoms with Gasteiger partial charge in [-0.1, -0.05) is 23.7 Å². The largest absolute Gasteiger partial charge is 0.391 e. The van der Waals surface area contributed by atoms with Gasteiger partial charge in [-0.2, -0.15) is 0 Å². The Morgan fingerprint density at radius 3 is 2.54 bits per heavy atom. The summed E-state index contributed by atoms with van der Waals surface area (Å²) in [4.78, 5) is 22.5. The molecule has 3 fully saturated rings. The summed E-state index contributed by atoms with van der Waals surface area (Å²) in [5.74, 6) is -0.00110. The second-order valence-corrected chi connectivity index (χ2v) is 11.2. The molecule has 3 aromatic rings. The number of fused-ring (bicyclic) bond motifs is 2. The van der Waals surface area contributed by atoms with Crippen LogP contribution >= 0.6 is 23.5 Å². The number of aromatic nitrogens is 1. The summed E-state index contributed by atoms with van der Waals surface area (Å²) in [5.41, 5.74) is -0.283. The molecule has 3 aliphatic rings. The smallest absolute Gasteiger partial charge is 0.240 e. The Morgan fingerprint density at radius 2 is 1.77 bits per heavy atom. The molecule has 0 saturated carbocycles. The molecule has 0 bridgehead atoms. The molecule has 1 atom stereocenters. The number of nitrogens with zero attached hydrogens (tertiary/aromatic N) is 4. The number of piperazine rings is 1. The summed E-state index contributed by atoms with van der Waals surface area (Å²) in [6.07, 6.45) is 5.23. The third-order valence-corrected chi connectivity index (χ3v) is 8.55. The van der Waals surface area contributed by atoms with Gasteiger partial charge in [-0.3, -0.25) is 9.78 Å². The van der Waals surface area contributed by atoms with Crippen molar-refractivity contribution in [3.05, 3.63) is 65.9 Å². The third kappa shape index (κ3) is 4.27. The molecule has 0 aliphatic carbocycles. The van der Waals surface area contributed by atoms with Crippen LogP contribution in [0.4, 0.5) is 5.69 Å². The van der Waals surface area contributed by atoms with E-state index in [1.807, 2.05) is 59.2 Å². The van der Waals surface area contributed by atoms with E-state index >= 15 is 0 Å². The molecule has 7 nitrogen and oxygen atoms in total. The van der Waals surface area contributed by atoms with Gasteiger partial charge in [0.1, 0.15) is 0 Å². The fourth-order valence-electron chi connectivity index (χ4n) is 5.54. The van der Waals surface area contributed by atoms with E-state index < -0.39 is 11.3 Å². The number of amides is 1. The number of anilines is 1. The Bertz CT molecular complexity index is 1250. The Kier molecular flexibility index (Phi) is 5.89. The minimum Gasteiger partial charge on any atom is -0.391 e. The topological polar surface area (TPSA) is 69.1 Å². The van der Waals surface area contributed by atoms with Gasteiger partial charge in [-0.05, 0) is 72.0 Å². The Balaban J connectivity index is 1.18. The predicted octanol–water partition coefficient (Wildman–Crippen LogP) is 3.80. The van der Waals surface area contributed by atoms with Crippen LogP contribution in [0.2, 0.25) is 5.02 Å². The molecular formula is C26H27ClN4O3S. The number of carbonyl (C=O) groups is 1. The molecule has 6 rings (SSSR count). The molecule has 35 heavy (non-hydrogen) atoms. The van der Waals surface area contributed by atoms with E-state index in [0.29, 0.717) is 18.1 Å². The zero-order chi connectivity index (χ0) is 24.0. The molecule has 1 N–H and O–H groups in total. The van der Waals surface area contributed by atoms with Gasteiger partial charge in [0.25, 0.3) is 0 Å². The summed E-state index contributed by atoms with van der Waals surface area (Å²) in [6.45, 7) is 2.73. The zero-order valence-corrected chi connectivity index (χ0v) is 20.8. The zero-order valence-electron chi connectivity index (χ0n) is 19.3. The van der Waals surface area contributed by atoms with E-state index in [1.165, 1.54) is 11.9 Å². The van der Waals surface area contributed by atoms with E-state index in [0.717, 1.165) is 47.3 Å². The van der Waals surface area contributed by atoms with Gasteiger partial charge in [-0.25, -0.2) is 4.31 Å². The van der Waals surface area contributed by atoms with Crippen molar-refractivity contribution in [1.82, 2.24) is 14.2 Å². The molecule has 4 heterocycles. The monoisotopic (exact) mass is 510 g/mol. The highest BCUT2D eigenvalue weighted by atomic mass is 35.5. The van der Waals surface area contributed by atoms with Gasteiger partial charge >= 0.3 is 0 Å². The number of halogens is 1. The van der Waals surface area contributed by atoms with Gasteiger partial charge in [-0.15, -0.1) is 0 Å². The first-order chi connectivity index (χ1) is 17.0. The predicted molar refractivity (Wildman–Crippen MR) is 137 cm³/mol. The number of aliphatic hydroxyl groups excluding tert-OH is 1. The van der Waals surface area contributed by atoms with Crippen LogP contribution in [0, 0.1) is 0 Å². The highest BCUT2D eigenvalue weighted by Gasteiger charge is 2.59. The fourth-order valence-corrected chi connectivity index (χ4v) is 6.77. The lowest BCUT2D eigenvalue weighted by atomic mass is 9.91. The minimum absolute atomic E-state index is 0.00110. The molecule has 1 spiro atoms. The number of hydrogen-bond donors (Lipinski definition) is 1. The number of carbonyl (C=O) groups excluding carboxylic acids is 1. The fraction of sp³-hybridized carbons (Fsp3) is 0.385. The maximum atomic E-state index is 13.2. The second-order valence-electron chi connectivity index (χ2n) is 9.60. The lowest BCUT2D eigenvalue weighted by molar-refractivity contribution is -0.190. The van der Waals surface area contributed by atoms with Crippen LogP contribution in [-0.4, -0.2) is 75.9 Å². The standard InChI is InChI=1S/C26H27ClN4O3S/c27-21-3-1-20-14-23(4-2-19(20)13-21)35-30-15-24(33)31-16-25(34-26(31,17-30)18-32)7-11-29(12-8-25)22-5-9-28-10-6-22/h1-6,9-10,13-14,32H,7-8,11-12,15-18H2. The van der Waals surface area contributed by atoms with Gasteiger partial charge in [0, 0.05) is 41.1 Å². The number of pyridine rings is 1. The van der Waals surface area contributed by atoms with Crippen LogP contribution in [0.25, 0.3) is 10.8 Å². The normalized spacial score (nSPS) is 24.3. The van der Waals surface area contributed by atoms with Crippen LogP contribution in [0.3, 0.4) is 0 Å². The van der Waals surface area contributed by atoms with Crippen molar-refractivity contribution in [1.29, 1.82) is 0 Å². The van der Waals surface area contributed by atoms with Crippen LogP contribution < -0.4 is 4.90 Å². The van der Waals surface area contributed by atoms with Crippen LogP contribution in [0.5, 0.6) is 0 Å². The first-order valence-corrected chi connectivity index (χ1v) is 13.0. The average molecular weight is 511 g/mol. The number of piperidine rings is 1. The molecule has 3 aliphatic heterocycles. The van der Waals surface area contributed by atoms with Gasteiger partial charge in [0.2, 0.25) is 5.91 Å². The van der Waals surface area contributed by atoms with Crippen molar-refractivity contribution < 1.29 is 14.6 Å². The quantitative estimate of drug-likeness (QED) is 0.535. The molecule has 1 aromatic heterocycles. The van der Waals surface area contributed by atoms with Crippen molar-refractivity contribution >= 4 is 45.9 Å². The minimum atomic E-state index is -1.01. The van der Waals surface area contributed by atoms with E-state index in [1.54, 1.807) is 4.90 Å². The molecule has 9 heteroatoms. The van der Waals surface area contributed by atoms with Crippen molar-refractivity contribution in [3.8, 4) is 0 Å². The molecule has 1 amide bonds. The Labute approximate surface area is 213 Å². The SMILES string of the molecule is O=C1CN(Sc2ccc3cc(Cl)ccc3c2)CC2(CO)OC3(CCN(c4ccncc4)CC3)CN12. The van der Waals surface area contributed by atoms with E-state index in [2.05, 4.69) is 16.0 Å². The van der Waals surface area contributed by atoms with Gasteiger partial charge in [0.05, 0.1) is 31.8 Å². The Hall–Kier alpha value is -2.36. The number of ether oxygens (including phenoxy) is 1. The molecule has 0 radical (unpaired) electrons.